The summed E-state index contributed by atoms with van der Waals surface area (Å²) in [6.45, 7) is 0.889. The lowest BCUT2D eigenvalue weighted by atomic mass is 10.1. The third kappa shape index (κ3) is 5.59. The van der Waals surface area contributed by atoms with Gasteiger partial charge in [0.2, 0.25) is 0 Å². The maximum Gasteiger partial charge on any atom is 0.295 e. The Balaban J connectivity index is 1.31. The third-order valence-electron chi connectivity index (χ3n) is 4.97. The number of nitro groups is 1. The molecule has 9 heteroatoms. The van der Waals surface area contributed by atoms with E-state index in [-0.39, 0.29) is 22.8 Å². The summed E-state index contributed by atoms with van der Waals surface area (Å²) in [5, 5.41) is 18.2. The molecular formula is C24H21N5O4. The number of aromatic nitrogens is 3. The Morgan fingerprint density at radius 2 is 1.82 bits per heavy atom. The fraction of sp³-hybridized carbons (Fsp3) is 0.125. The van der Waals surface area contributed by atoms with Crippen molar-refractivity contribution in [2.75, 3.05) is 6.54 Å². The first-order valence-electron chi connectivity index (χ1n) is 10.3. The van der Waals surface area contributed by atoms with Gasteiger partial charge in [0.15, 0.2) is 0 Å². The first-order valence-corrected chi connectivity index (χ1v) is 10.3. The molecule has 0 aliphatic heterocycles. The molecule has 33 heavy (non-hydrogen) atoms. The highest BCUT2D eigenvalue weighted by molar-refractivity contribution is 5.95. The summed E-state index contributed by atoms with van der Waals surface area (Å²) in [6.07, 6.45) is 3.26. The Hall–Kier alpha value is -4.53. The van der Waals surface area contributed by atoms with Gasteiger partial charge in [0.25, 0.3) is 11.6 Å². The number of nitrogens with one attached hydrogen (secondary N) is 1. The van der Waals surface area contributed by atoms with Crippen molar-refractivity contribution in [3.63, 3.8) is 0 Å². The predicted octanol–water partition coefficient (Wildman–Crippen LogP) is 3.73. The molecule has 0 spiro atoms. The minimum Gasteiger partial charge on any atom is -0.489 e. The summed E-state index contributed by atoms with van der Waals surface area (Å²) >= 11 is 0. The van der Waals surface area contributed by atoms with Crippen LogP contribution >= 0.6 is 0 Å². The van der Waals surface area contributed by atoms with Crippen LogP contribution in [0.5, 0.6) is 5.75 Å². The molecule has 0 saturated carbocycles. The number of carbonyl (C=O) groups is 1. The molecule has 9 nitrogen and oxygen atoms in total. The summed E-state index contributed by atoms with van der Waals surface area (Å²) in [5.74, 6) is 0.387. The smallest absolute Gasteiger partial charge is 0.295 e. The monoisotopic (exact) mass is 443 g/mol. The van der Waals surface area contributed by atoms with Crippen LogP contribution in [0.2, 0.25) is 0 Å². The van der Waals surface area contributed by atoms with Crippen LogP contribution in [-0.4, -0.2) is 32.1 Å². The molecule has 1 amide bonds. The summed E-state index contributed by atoms with van der Waals surface area (Å²) < 4.78 is 7.06. The number of nitrogens with zero attached hydrogens (tertiary/aromatic N) is 4. The molecule has 1 aromatic heterocycles. The zero-order valence-electron chi connectivity index (χ0n) is 17.6. The van der Waals surface area contributed by atoms with Crippen molar-refractivity contribution in [3.05, 3.63) is 112 Å². The first kappa shape index (κ1) is 21.7. The molecule has 0 aliphatic rings. The molecule has 1 N–H and O–H groups in total. The van der Waals surface area contributed by atoms with E-state index in [9.17, 15) is 14.9 Å². The molecule has 166 valence electrons. The van der Waals surface area contributed by atoms with Gasteiger partial charge in [-0.05, 0) is 41.8 Å². The average molecular weight is 443 g/mol. The molecule has 1 heterocycles. The lowest BCUT2D eigenvalue weighted by Gasteiger charge is -2.09. The van der Waals surface area contributed by atoms with Gasteiger partial charge in [0, 0.05) is 18.2 Å². The first-order chi connectivity index (χ1) is 16.1. The highest BCUT2D eigenvalue weighted by Gasteiger charge is 2.19. The van der Waals surface area contributed by atoms with E-state index < -0.39 is 4.92 Å². The molecule has 0 fully saturated rings. The third-order valence-corrected chi connectivity index (χ3v) is 4.97. The Kier molecular flexibility index (Phi) is 6.70. The van der Waals surface area contributed by atoms with Gasteiger partial charge in [-0.1, -0.05) is 42.5 Å². The van der Waals surface area contributed by atoms with E-state index in [1.807, 2.05) is 54.6 Å². The second kappa shape index (κ2) is 10.2. The normalized spacial score (nSPS) is 10.5. The Morgan fingerprint density at radius 3 is 2.52 bits per heavy atom. The predicted molar refractivity (Wildman–Crippen MR) is 121 cm³/mol. The molecule has 0 aliphatic carbocycles. The van der Waals surface area contributed by atoms with Crippen LogP contribution in [0.1, 0.15) is 21.5 Å². The van der Waals surface area contributed by atoms with Crippen LogP contribution in [0.4, 0.5) is 5.69 Å². The van der Waals surface area contributed by atoms with Crippen molar-refractivity contribution in [3.8, 4) is 11.4 Å². The van der Waals surface area contributed by atoms with Gasteiger partial charge in [-0.15, -0.1) is 0 Å². The van der Waals surface area contributed by atoms with Gasteiger partial charge in [-0.3, -0.25) is 14.9 Å². The lowest BCUT2D eigenvalue weighted by Crippen LogP contribution is -2.25. The zero-order valence-corrected chi connectivity index (χ0v) is 17.6. The Morgan fingerprint density at radius 1 is 1.03 bits per heavy atom. The Bertz CT molecular complexity index is 1230. The molecule has 0 bridgehead atoms. The van der Waals surface area contributed by atoms with E-state index in [4.69, 9.17) is 4.74 Å². The summed E-state index contributed by atoms with van der Waals surface area (Å²) in [6, 6.07) is 21.9. The molecule has 0 unspecified atom stereocenters. The SMILES string of the molecule is O=C(NCCc1ccc(OCc2ccccc2)cc1)c1ccc(-n2cncn2)c([N+](=O)[O-])c1. The molecular weight excluding hydrogens is 422 g/mol. The van der Waals surface area contributed by atoms with Crippen LogP contribution in [-0.2, 0) is 13.0 Å². The number of hydrogen-bond donors (Lipinski definition) is 1. The number of carbonyl (C=O) groups excluding carboxylic acids is 1. The standard InChI is InChI=1S/C24H21N5O4/c30-24(20-8-11-22(23(14-20)29(31)32)28-17-25-16-27-28)26-13-12-18-6-9-21(10-7-18)33-15-19-4-2-1-3-5-19/h1-11,14,16-17H,12-13,15H2,(H,26,30). The highest BCUT2D eigenvalue weighted by atomic mass is 16.6. The Labute approximate surface area is 189 Å². The summed E-state index contributed by atoms with van der Waals surface area (Å²) in [4.78, 5) is 27.2. The summed E-state index contributed by atoms with van der Waals surface area (Å²) in [7, 11) is 0. The fourth-order valence-corrected chi connectivity index (χ4v) is 3.25. The van der Waals surface area contributed by atoms with Crippen molar-refractivity contribution in [2.24, 2.45) is 0 Å². The molecule has 0 radical (unpaired) electrons. The van der Waals surface area contributed by atoms with Gasteiger partial charge >= 0.3 is 0 Å². The van der Waals surface area contributed by atoms with Crippen molar-refractivity contribution in [2.45, 2.75) is 13.0 Å². The van der Waals surface area contributed by atoms with E-state index in [1.165, 1.54) is 35.5 Å². The van der Waals surface area contributed by atoms with Crippen LogP contribution < -0.4 is 10.1 Å². The molecule has 4 rings (SSSR count). The average Bonchev–Trinajstić information content (AvgIpc) is 3.38. The number of amides is 1. The van der Waals surface area contributed by atoms with Gasteiger partial charge in [0.05, 0.1) is 4.92 Å². The lowest BCUT2D eigenvalue weighted by molar-refractivity contribution is -0.384. The molecule has 4 aromatic rings. The maximum atomic E-state index is 12.5. The largest absolute Gasteiger partial charge is 0.489 e. The van der Waals surface area contributed by atoms with E-state index in [1.54, 1.807) is 0 Å². The van der Waals surface area contributed by atoms with Crippen molar-refractivity contribution in [1.29, 1.82) is 0 Å². The van der Waals surface area contributed by atoms with E-state index in [0.717, 1.165) is 16.9 Å². The minimum absolute atomic E-state index is 0.204. The van der Waals surface area contributed by atoms with Crippen LogP contribution in [0.3, 0.4) is 0 Å². The van der Waals surface area contributed by atoms with Gasteiger partial charge < -0.3 is 10.1 Å². The molecule has 0 atom stereocenters. The van der Waals surface area contributed by atoms with Gasteiger partial charge in [0.1, 0.15) is 30.7 Å². The van der Waals surface area contributed by atoms with Gasteiger partial charge in [-0.25, -0.2) is 9.67 Å². The van der Waals surface area contributed by atoms with Crippen molar-refractivity contribution < 1.29 is 14.5 Å². The molecule has 3 aromatic carbocycles. The minimum atomic E-state index is -0.546. The van der Waals surface area contributed by atoms with Crippen molar-refractivity contribution in [1.82, 2.24) is 20.1 Å². The fourth-order valence-electron chi connectivity index (χ4n) is 3.25. The second-order valence-corrected chi connectivity index (χ2v) is 7.22. The number of hydrogen-bond acceptors (Lipinski definition) is 6. The summed E-state index contributed by atoms with van der Waals surface area (Å²) in [5.41, 5.74) is 2.35. The van der Waals surface area contributed by atoms with Crippen LogP contribution in [0, 0.1) is 10.1 Å². The van der Waals surface area contributed by atoms with Gasteiger partial charge in [-0.2, -0.15) is 5.10 Å². The van der Waals surface area contributed by atoms with Crippen molar-refractivity contribution >= 4 is 11.6 Å². The van der Waals surface area contributed by atoms with Crippen LogP contribution in [0.25, 0.3) is 5.69 Å². The zero-order chi connectivity index (χ0) is 23.0. The highest BCUT2D eigenvalue weighted by Crippen LogP contribution is 2.23. The topological polar surface area (TPSA) is 112 Å². The van der Waals surface area contributed by atoms with E-state index in [2.05, 4.69) is 15.4 Å². The number of nitro benzene ring substituents is 1. The van der Waals surface area contributed by atoms with E-state index in [0.29, 0.717) is 19.6 Å². The maximum absolute atomic E-state index is 12.5. The molecule has 0 saturated heterocycles. The number of ether oxygens (including phenoxy) is 1. The number of rotatable bonds is 9. The number of benzene rings is 3. The van der Waals surface area contributed by atoms with Crippen LogP contribution in [0.15, 0.2) is 85.5 Å². The second-order valence-electron chi connectivity index (χ2n) is 7.22. The quantitative estimate of drug-likeness (QED) is 0.312. The van der Waals surface area contributed by atoms with E-state index >= 15 is 0 Å².